The number of amides is 2. The monoisotopic (exact) mass is 333 g/mol. The fourth-order valence-electron chi connectivity index (χ4n) is 2.76. The fraction of sp³-hybridized carbons (Fsp3) is 0.375. The van der Waals surface area contributed by atoms with Crippen LogP contribution < -0.4 is 5.32 Å². The first-order chi connectivity index (χ1) is 11.2. The van der Waals surface area contributed by atoms with Gasteiger partial charge >= 0.3 is 0 Å². The molecule has 1 unspecified atom stereocenters. The van der Waals surface area contributed by atoms with Crippen molar-refractivity contribution in [1.29, 1.82) is 0 Å². The highest BCUT2D eigenvalue weighted by molar-refractivity contribution is 7.08. The summed E-state index contributed by atoms with van der Waals surface area (Å²) in [7, 11) is 1.62. The van der Waals surface area contributed by atoms with Crippen LogP contribution in [0.4, 0.5) is 0 Å². The number of ether oxygens (including phenoxy) is 1. The van der Waals surface area contributed by atoms with Gasteiger partial charge < -0.3 is 19.5 Å². The summed E-state index contributed by atoms with van der Waals surface area (Å²) in [5.41, 5.74) is 1.34. The molecule has 3 rings (SSSR count). The molecule has 0 radical (unpaired) electrons. The first-order valence-corrected chi connectivity index (χ1v) is 8.40. The zero-order valence-corrected chi connectivity index (χ0v) is 13.7. The lowest BCUT2D eigenvalue weighted by Crippen LogP contribution is -2.53. The molecule has 0 fully saturated rings. The van der Waals surface area contributed by atoms with Crippen molar-refractivity contribution >= 4 is 23.2 Å². The maximum Gasteiger partial charge on any atom is 0.270 e. The molecule has 0 aliphatic carbocycles. The molecule has 7 heteroatoms. The summed E-state index contributed by atoms with van der Waals surface area (Å²) in [6, 6.07) is 5.40. The zero-order valence-electron chi connectivity index (χ0n) is 12.9. The van der Waals surface area contributed by atoms with Crippen LogP contribution in [0.5, 0.6) is 0 Å². The van der Waals surface area contributed by atoms with Gasteiger partial charge in [-0.1, -0.05) is 0 Å². The van der Waals surface area contributed by atoms with Gasteiger partial charge in [0.25, 0.3) is 11.8 Å². The van der Waals surface area contributed by atoms with Crippen molar-refractivity contribution in [3.05, 3.63) is 46.4 Å². The number of hydrogen-bond acceptors (Lipinski definition) is 4. The predicted octanol–water partition coefficient (Wildman–Crippen LogP) is 1.45. The minimum atomic E-state index is -0.108. The van der Waals surface area contributed by atoms with E-state index in [0.29, 0.717) is 37.5 Å². The molecular formula is C16H19N3O3S. The number of carbonyl (C=O) groups is 2. The number of nitrogens with one attached hydrogen (secondary N) is 1. The first kappa shape index (κ1) is 15.8. The van der Waals surface area contributed by atoms with Gasteiger partial charge in [0, 0.05) is 43.9 Å². The van der Waals surface area contributed by atoms with Gasteiger partial charge in [-0.25, -0.2) is 0 Å². The molecule has 0 saturated carbocycles. The van der Waals surface area contributed by atoms with Crippen molar-refractivity contribution in [2.75, 3.05) is 26.8 Å². The van der Waals surface area contributed by atoms with Crippen LogP contribution in [0.15, 0.2) is 35.2 Å². The van der Waals surface area contributed by atoms with E-state index in [1.54, 1.807) is 18.1 Å². The van der Waals surface area contributed by atoms with Crippen molar-refractivity contribution < 1.29 is 14.3 Å². The van der Waals surface area contributed by atoms with E-state index < -0.39 is 0 Å². The average Bonchev–Trinajstić information content (AvgIpc) is 3.23. The Balaban J connectivity index is 1.70. The molecule has 0 saturated heterocycles. The zero-order chi connectivity index (χ0) is 16.2. The smallest absolute Gasteiger partial charge is 0.270 e. The first-order valence-electron chi connectivity index (χ1n) is 7.46. The molecule has 1 N–H and O–H groups in total. The van der Waals surface area contributed by atoms with Gasteiger partial charge in [0.15, 0.2) is 0 Å². The Morgan fingerprint density at radius 2 is 2.35 bits per heavy atom. The van der Waals surface area contributed by atoms with Crippen molar-refractivity contribution in [2.45, 2.75) is 12.6 Å². The lowest BCUT2D eigenvalue weighted by molar-refractivity contribution is 0.0504. The number of nitrogens with zero attached hydrogens (tertiary/aromatic N) is 2. The molecule has 23 heavy (non-hydrogen) atoms. The van der Waals surface area contributed by atoms with Crippen LogP contribution in [-0.4, -0.2) is 54.1 Å². The molecule has 0 spiro atoms. The predicted molar refractivity (Wildman–Crippen MR) is 87.8 cm³/mol. The summed E-state index contributed by atoms with van der Waals surface area (Å²) < 4.78 is 7.05. The largest absolute Gasteiger partial charge is 0.383 e. The summed E-state index contributed by atoms with van der Waals surface area (Å²) in [5, 5.41) is 6.61. The molecule has 1 aliphatic rings. The van der Waals surface area contributed by atoms with Gasteiger partial charge in [0.05, 0.1) is 12.6 Å². The number of rotatable bonds is 6. The SMILES string of the molecule is COCCN1C(=O)c2cccn2CC1CNC(=O)c1ccsc1. The molecule has 2 aromatic rings. The van der Waals surface area contributed by atoms with Crippen LogP contribution >= 0.6 is 11.3 Å². The highest BCUT2D eigenvalue weighted by Crippen LogP contribution is 2.18. The van der Waals surface area contributed by atoms with Crippen LogP contribution in [0, 0.1) is 0 Å². The Morgan fingerprint density at radius 3 is 3.09 bits per heavy atom. The van der Waals surface area contributed by atoms with E-state index in [1.807, 2.05) is 33.7 Å². The Morgan fingerprint density at radius 1 is 1.48 bits per heavy atom. The standard InChI is InChI=1S/C16H19N3O3S/c1-22-7-6-19-13(9-17-15(20)12-4-8-23-11-12)10-18-5-2-3-14(18)16(19)21/h2-5,8,11,13H,6-7,9-10H2,1H3,(H,17,20). The number of thiophene rings is 1. The molecule has 0 bridgehead atoms. The third-order valence-electron chi connectivity index (χ3n) is 3.98. The van der Waals surface area contributed by atoms with Crippen molar-refractivity contribution in [2.24, 2.45) is 0 Å². The molecule has 1 aliphatic heterocycles. The van der Waals surface area contributed by atoms with E-state index in [1.165, 1.54) is 11.3 Å². The maximum atomic E-state index is 12.6. The van der Waals surface area contributed by atoms with Crippen LogP contribution in [0.1, 0.15) is 20.8 Å². The van der Waals surface area contributed by atoms with Crippen LogP contribution in [0.25, 0.3) is 0 Å². The molecule has 2 aromatic heterocycles. The molecule has 122 valence electrons. The lowest BCUT2D eigenvalue weighted by atomic mass is 10.1. The van der Waals surface area contributed by atoms with Gasteiger partial charge in [0.2, 0.25) is 0 Å². The van der Waals surface area contributed by atoms with Crippen molar-refractivity contribution in [3.8, 4) is 0 Å². The minimum absolute atomic E-state index is 0.0203. The van der Waals surface area contributed by atoms with E-state index in [-0.39, 0.29) is 17.9 Å². The highest BCUT2D eigenvalue weighted by Gasteiger charge is 2.32. The Kier molecular flexibility index (Phi) is 4.78. The Bertz CT molecular complexity index is 681. The fourth-order valence-corrected chi connectivity index (χ4v) is 3.40. The second-order valence-electron chi connectivity index (χ2n) is 5.41. The Hall–Kier alpha value is -2.12. The quantitative estimate of drug-likeness (QED) is 0.870. The number of carbonyl (C=O) groups excluding carboxylic acids is 2. The van der Waals surface area contributed by atoms with Crippen LogP contribution in [0.3, 0.4) is 0 Å². The lowest BCUT2D eigenvalue weighted by Gasteiger charge is -2.36. The Labute approximate surface area is 138 Å². The van der Waals surface area contributed by atoms with Crippen molar-refractivity contribution in [1.82, 2.24) is 14.8 Å². The molecule has 2 amide bonds. The molecule has 6 nitrogen and oxygen atoms in total. The van der Waals surface area contributed by atoms with E-state index in [4.69, 9.17) is 4.74 Å². The van der Waals surface area contributed by atoms with Crippen molar-refractivity contribution in [3.63, 3.8) is 0 Å². The number of aromatic nitrogens is 1. The van der Waals surface area contributed by atoms with E-state index in [2.05, 4.69) is 5.32 Å². The summed E-state index contributed by atoms with van der Waals surface area (Å²) in [5.74, 6) is -0.128. The van der Waals surface area contributed by atoms with Gasteiger partial charge in [-0.05, 0) is 23.6 Å². The minimum Gasteiger partial charge on any atom is -0.383 e. The van der Waals surface area contributed by atoms with E-state index in [0.717, 1.165) is 0 Å². The van der Waals surface area contributed by atoms with Crippen LogP contribution in [-0.2, 0) is 11.3 Å². The summed E-state index contributed by atoms with van der Waals surface area (Å²) in [4.78, 5) is 26.5. The molecule has 3 heterocycles. The van der Waals surface area contributed by atoms with Gasteiger partial charge in [0.1, 0.15) is 5.69 Å². The second kappa shape index (κ2) is 6.97. The van der Waals surface area contributed by atoms with E-state index in [9.17, 15) is 9.59 Å². The average molecular weight is 333 g/mol. The third-order valence-corrected chi connectivity index (χ3v) is 4.66. The normalized spacial score (nSPS) is 17.2. The third kappa shape index (κ3) is 3.30. The number of hydrogen-bond donors (Lipinski definition) is 1. The summed E-state index contributed by atoms with van der Waals surface area (Å²) >= 11 is 1.49. The van der Waals surface area contributed by atoms with Crippen LogP contribution in [0.2, 0.25) is 0 Å². The number of fused-ring (bicyclic) bond motifs is 1. The van der Waals surface area contributed by atoms with Gasteiger partial charge in [-0.15, -0.1) is 0 Å². The van der Waals surface area contributed by atoms with E-state index >= 15 is 0 Å². The molecule has 0 aromatic carbocycles. The highest BCUT2D eigenvalue weighted by atomic mass is 32.1. The molecule has 1 atom stereocenters. The summed E-state index contributed by atoms with van der Waals surface area (Å²) in [6.45, 7) is 2.07. The summed E-state index contributed by atoms with van der Waals surface area (Å²) in [6.07, 6.45) is 1.90. The van der Waals surface area contributed by atoms with Gasteiger partial charge in [-0.3, -0.25) is 9.59 Å². The van der Waals surface area contributed by atoms with Gasteiger partial charge in [-0.2, -0.15) is 11.3 Å². The topological polar surface area (TPSA) is 63.6 Å². The second-order valence-corrected chi connectivity index (χ2v) is 6.19. The number of methoxy groups -OCH3 is 1. The molecular weight excluding hydrogens is 314 g/mol. The maximum absolute atomic E-state index is 12.6.